The largest absolute Gasteiger partial charge is 0.324 e. The van der Waals surface area contributed by atoms with Crippen LogP contribution >= 0.6 is 0 Å². The summed E-state index contributed by atoms with van der Waals surface area (Å²) in [4.78, 5) is 0. The topological polar surface area (TPSA) is 54.4 Å². The van der Waals surface area contributed by atoms with Crippen molar-refractivity contribution in [1.29, 1.82) is 0 Å². The second-order valence-corrected chi connectivity index (χ2v) is 7.42. The van der Waals surface area contributed by atoms with Gasteiger partial charge >= 0.3 is 0 Å². The molecule has 0 bridgehead atoms. The van der Waals surface area contributed by atoms with Gasteiger partial charge in [-0.05, 0) is 26.2 Å². The Balaban J connectivity index is 0. The zero-order valence-electron chi connectivity index (χ0n) is 15.2. The van der Waals surface area contributed by atoms with Gasteiger partial charge in [-0.15, -0.1) is 6.58 Å². The summed E-state index contributed by atoms with van der Waals surface area (Å²) in [5.74, 6) is -0.368. The molecule has 22 heavy (non-hydrogen) atoms. The van der Waals surface area contributed by atoms with Gasteiger partial charge in [0.1, 0.15) is 0 Å². The van der Waals surface area contributed by atoms with Gasteiger partial charge in [-0.2, -0.15) is 8.42 Å². The van der Waals surface area contributed by atoms with Crippen molar-refractivity contribution in [3.8, 4) is 0 Å². The zero-order valence-corrected chi connectivity index (χ0v) is 16.0. The molecule has 0 saturated heterocycles. The average Bonchev–Trinajstić information content (AvgIpc) is 2.46. The van der Waals surface area contributed by atoms with E-state index in [1.807, 2.05) is 0 Å². The third-order valence-corrected chi connectivity index (χ3v) is 4.61. The van der Waals surface area contributed by atoms with E-state index < -0.39 is 10.1 Å². The smallest absolute Gasteiger partial charge is 0.268 e. The number of rotatable bonds is 12. The Labute approximate surface area is 138 Å². The Morgan fingerprint density at radius 2 is 1.27 bits per heavy atom. The molecule has 0 aliphatic carbocycles. The first-order valence-corrected chi connectivity index (χ1v) is 10.3. The van der Waals surface area contributed by atoms with Crippen molar-refractivity contribution in [2.24, 2.45) is 0 Å². The monoisotopic (exact) mass is 336 g/mol. The molecule has 0 spiro atoms. The molecule has 0 aliphatic heterocycles. The fraction of sp³-hybridized carbons (Fsp3) is 0.882. The minimum atomic E-state index is -3.79. The van der Waals surface area contributed by atoms with Crippen LogP contribution < -0.4 is 0 Å². The summed E-state index contributed by atoms with van der Waals surface area (Å²) in [6, 6.07) is 0. The van der Waals surface area contributed by atoms with Gasteiger partial charge in [0.25, 0.3) is 10.1 Å². The summed E-state index contributed by atoms with van der Waals surface area (Å²) in [5.41, 5.74) is 0. The van der Waals surface area contributed by atoms with E-state index in [-0.39, 0.29) is 5.75 Å². The molecule has 4 nitrogen and oxygen atoms in total. The molecule has 0 aliphatic rings. The summed E-state index contributed by atoms with van der Waals surface area (Å²) < 4.78 is 28.7. The highest BCUT2D eigenvalue weighted by atomic mass is 32.2. The number of unbranched alkanes of at least 4 members (excludes halogenated alkanes) is 3. The van der Waals surface area contributed by atoms with Gasteiger partial charge in [-0.3, -0.25) is 4.55 Å². The lowest BCUT2D eigenvalue weighted by molar-refractivity contribution is -0.927. The lowest BCUT2D eigenvalue weighted by atomic mass is 10.1. The summed E-state index contributed by atoms with van der Waals surface area (Å²) >= 11 is 0. The average molecular weight is 337 g/mol. The molecule has 0 aromatic carbocycles. The van der Waals surface area contributed by atoms with Crippen LogP contribution in [0.3, 0.4) is 0 Å². The lowest BCUT2D eigenvalue weighted by Crippen LogP contribution is -2.49. The summed E-state index contributed by atoms with van der Waals surface area (Å²) in [6.07, 6.45) is 9.37. The van der Waals surface area contributed by atoms with Crippen LogP contribution in [0.25, 0.3) is 0 Å². The molecule has 0 rings (SSSR count). The maximum Gasteiger partial charge on any atom is 0.268 e. The maximum absolute atomic E-state index is 9.72. The molecular weight excluding hydrogens is 298 g/mol. The van der Waals surface area contributed by atoms with Gasteiger partial charge in [0.15, 0.2) is 0 Å². The molecule has 1 N–H and O–H groups in total. The third-order valence-electron chi connectivity index (χ3n) is 3.96. The third kappa shape index (κ3) is 14.5. The first-order valence-electron chi connectivity index (χ1n) is 8.71. The van der Waals surface area contributed by atoms with Crippen LogP contribution in [0.2, 0.25) is 0 Å². The van der Waals surface area contributed by atoms with E-state index in [1.165, 1.54) is 69.2 Å². The van der Waals surface area contributed by atoms with Gasteiger partial charge < -0.3 is 4.48 Å². The van der Waals surface area contributed by atoms with Gasteiger partial charge in [0.2, 0.25) is 0 Å². The number of quaternary nitrogens is 1. The molecule has 0 amide bonds. The van der Waals surface area contributed by atoms with Crippen LogP contribution in [0.5, 0.6) is 0 Å². The number of hydrogen-bond acceptors (Lipinski definition) is 2. The van der Waals surface area contributed by atoms with Gasteiger partial charge in [-0.25, -0.2) is 0 Å². The molecule has 0 atom stereocenters. The summed E-state index contributed by atoms with van der Waals surface area (Å²) in [7, 11) is -3.79. The Morgan fingerprint density at radius 1 is 0.909 bits per heavy atom. The number of nitrogens with zero attached hydrogens (tertiary/aromatic N) is 1. The van der Waals surface area contributed by atoms with Crippen LogP contribution in [-0.2, 0) is 10.1 Å². The van der Waals surface area contributed by atoms with Gasteiger partial charge in [0.05, 0.1) is 31.9 Å². The van der Waals surface area contributed by atoms with Crippen LogP contribution in [0.4, 0.5) is 0 Å². The van der Waals surface area contributed by atoms with Crippen LogP contribution in [-0.4, -0.2) is 49.4 Å². The van der Waals surface area contributed by atoms with Crippen molar-refractivity contribution in [3.63, 3.8) is 0 Å². The first kappa shape index (κ1) is 23.9. The first-order chi connectivity index (χ1) is 10.3. The predicted octanol–water partition coefficient (Wildman–Crippen LogP) is 4.28. The molecule has 0 saturated carbocycles. The standard InChI is InChI=1S/C14H32N.C3H6O3S/c1-5-9-12-15(8-4,13-10-6-2)14-11-7-3;1-2-3-7(4,5)6/h5-14H2,1-4H3;2H,1,3H2,(H,4,5,6)/q+1;. The summed E-state index contributed by atoms with van der Waals surface area (Å²) in [6.45, 7) is 18.0. The Hall–Kier alpha value is -0.390. The molecular formula is C17H38NO3S+. The fourth-order valence-corrected chi connectivity index (χ4v) is 2.74. The van der Waals surface area contributed by atoms with E-state index in [4.69, 9.17) is 4.55 Å². The van der Waals surface area contributed by atoms with E-state index in [1.54, 1.807) is 0 Å². The molecule has 0 aromatic heterocycles. The minimum Gasteiger partial charge on any atom is -0.324 e. The Morgan fingerprint density at radius 3 is 1.41 bits per heavy atom. The molecule has 0 radical (unpaired) electrons. The highest BCUT2D eigenvalue weighted by Gasteiger charge is 2.22. The van der Waals surface area contributed by atoms with Crippen molar-refractivity contribution >= 4 is 10.1 Å². The maximum atomic E-state index is 9.72. The second kappa shape index (κ2) is 14.2. The van der Waals surface area contributed by atoms with Crippen molar-refractivity contribution in [2.75, 3.05) is 31.9 Å². The SMILES string of the molecule is C=CCS(=O)(=O)O.CCCC[N+](CC)(CCCC)CCCC. The predicted molar refractivity (Wildman–Crippen MR) is 96.7 cm³/mol. The van der Waals surface area contributed by atoms with Gasteiger partial charge in [0, 0.05) is 0 Å². The van der Waals surface area contributed by atoms with Crippen LogP contribution in [0, 0.1) is 0 Å². The van der Waals surface area contributed by atoms with Crippen molar-refractivity contribution in [2.45, 2.75) is 66.2 Å². The highest BCUT2D eigenvalue weighted by Crippen LogP contribution is 2.14. The quantitative estimate of drug-likeness (QED) is 0.329. The Kier molecular flexibility index (Phi) is 15.4. The highest BCUT2D eigenvalue weighted by molar-refractivity contribution is 7.85. The Bertz CT molecular complexity index is 331. The molecule has 0 heterocycles. The molecule has 0 unspecified atom stereocenters. The zero-order chi connectivity index (χ0) is 17.5. The van der Waals surface area contributed by atoms with Crippen molar-refractivity contribution < 1.29 is 17.5 Å². The minimum absolute atomic E-state index is 0.368. The molecule has 134 valence electrons. The van der Waals surface area contributed by atoms with E-state index >= 15 is 0 Å². The number of hydrogen-bond donors (Lipinski definition) is 1. The molecule has 0 aromatic rings. The van der Waals surface area contributed by atoms with E-state index in [9.17, 15) is 8.42 Å². The van der Waals surface area contributed by atoms with E-state index in [0.29, 0.717) is 0 Å². The van der Waals surface area contributed by atoms with Gasteiger partial charge in [-0.1, -0.05) is 46.1 Å². The summed E-state index contributed by atoms with van der Waals surface area (Å²) in [5, 5.41) is 0. The lowest BCUT2D eigenvalue weighted by Gasteiger charge is -2.38. The fourth-order valence-electron chi connectivity index (χ4n) is 2.44. The normalized spacial score (nSPS) is 11.7. The molecule has 0 fully saturated rings. The van der Waals surface area contributed by atoms with Crippen molar-refractivity contribution in [1.82, 2.24) is 0 Å². The van der Waals surface area contributed by atoms with Crippen LogP contribution in [0.1, 0.15) is 66.2 Å². The van der Waals surface area contributed by atoms with E-state index in [2.05, 4.69) is 34.3 Å². The van der Waals surface area contributed by atoms with Crippen LogP contribution in [0.15, 0.2) is 12.7 Å². The molecule has 5 heteroatoms. The second-order valence-electron chi connectivity index (χ2n) is 5.93. The van der Waals surface area contributed by atoms with E-state index in [0.717, 1.165) is 6.08 Å². The van der Waals surface area contributed by atoms with Crippen molar-refractivity contribution in [3.05, 3.63) is 12.7 Å².